The zero-order chi connectivity index (χ0) is 11.2. The highest BCUT2D eigenvalue weighted by Gasteiger charge is 2.03. The molecule has 0 N–H and O–H groups in total. The highest BCUT2D eigenvalue weighted by atomic mass is 19.1. The molecule has 0 bridgehead atoms. The van der Waals surface area contributed by atoms with Crippen LogP contribution in [0.4, 0.5) is 4.39 Å². The summed E-state index contributed by atoms with van der Waals surface area (Å²) in [6.07, 6.45) is 1.41. The fraction of sp³-hybridized carbons (Fsp3) is 0.200. The van der Waals surface area contributed by atoms with E-state index in [4.69, 9.17) is 0 Å². The molecular formula is C15H15F. The van der Waals surface area contributed by atoms with Crippen LogP contribution in [-0.4, -0.2) is 6.67 Å². The van der Waals surface area contributed by atoms with Crippen molar-refractivity contribution in [3.63, 3.8) is 0 Å². The van der Waals surface area contributed by atoms with Crippen LogP contribution in [-0.2, 0) is 6.42 Å². The maximum atomic E-state index is 12.2. The summed E-state index contributed by atoms with van der Waals surface area (Å²) >= 11 is 0. The Labute approximate surface area is 95.7 Å². The van der Waals surface area contributed by atoms with E-state index in [1.165, 1.54) is 16.7 Å². The van der Waals surface area contributed by atoms with Crippen molar-refractivity contribution in [2.45, 2.75) is 12.8 Å². The summed E-state index contributed by atoms with van der Waals surface area (Å²) in [7, 11) is 0. The number of hydrogen-bond acceptors (Lipinski definition) is 0. The predicted molar refractivity (Wildman–Crippen MR) is 66.2 cm³/mol. The molecule has 2 aromatic carbocycles. The first kappa shape index (κ1) is 10.9. The standard InChI is InChI=1S/C15H15F/c16-12-6-10-14-9-4-5-11-15(14)13-7-2-1-3-8-13/h1-5,7-9,11H,6,10,12H2. The molecule has 0 fully saturated rings. The lowest BCUT2D eigenvalue weighted by Crippen LogP contribution is -1.91. The molecule has 0 nitrogen and oxygen atoms in total. The Kier molecular flexibility index (Phi) is 3.71. The van der Waals surface area contributed by atoms with Crippen molar-refractivity contribution >= 4 is 0 Å². The van der Waals surface area contributed by atoms with Gasteiger partial charge in [-0.05, 0) is 29.5 Å². The first-order valence-corrected chi connectivity index (χ1v) is 5.61. The number of hydrogen-bond donors (Lipinski definition) is 0. The molecule has 0 spiro atoms. The largest absolute Gasteiger partial charge is 0.251 e. The Balaban J connectivity index is 2.33. The Morgan fingerprint density at radius 1 is 0.812 bits per heavy atom. The number of halogens is 1. The maximum Gasteiger partial charge on any atom is 0.0897 e. The topological polar surface area (TPSA) is 0 Å². The molecule has 0 radical (unpaired) electrons. The zero-order valence-corrected chi connectivity index (χ0v) is 9.20. The van der Waals surface area contributed by atoms with Crippen molar-refractivity contribution in [2.75, 3.05) is 6.67 Å². The molecule has 0 aromatic heterocycles. The Morgan fingerprint density at radius 2 is 1.50 bits per heavy atom. The van der Waals surface area contributed by atoms with Crippen molar-refractivity contribution in [2.24, 2.45) is 0 Å². The highest BCUT2D eigenvalue weighted by molar-refractivity contribution is 5.67. The number of rotatable bonds is 4. The van der Waals surface area contributed by atoms with Gasteiger partial charge in [-0.3, -0.25) is 4.39 Å². The fourth-order valence-corrected chi connectivity index (χ4v) is 1.89. The summed E-state index contributed by atoms with van der Waals surface area (Å²) in [6, 6.07) is 18.5. The molecule has 0 atom stereocenters. The second kappa shape index (κ2) is 5.45. The van der Waals surface area contributed by atoms with E-state index in [0.717, 1.165) is 6.42 Å². The van der Waals surface area contributed by atoms with Crippen LogP contribution in [0.2, 0.25) is 0 Å². The Hall–Kier alpha value is -1.63. The second-order valence-corrected chi connectivity index (χ2v) is 3.82. The lowest BCUT2D eigenvalue weighted by atomic mass is 9.97. The van der Waals surface area contributed by atoms with Crippen molar-refractivity contribution in [3.05, 3.63) is 60.2 Å². The molecule has 0 heterocycles. The number of alkyl halides is 1. The molecule has 0 amide bonds. The number of aryl methyl sites for hydroxylation is 1. The van der Waals surface area contributed by atoms with Crippen LogP contribution in [0.3, 0.4) is 0 Å². The second-order valence-electron chi connectivity index (χ2n) is 3.82. The summed E-state index contributed by atoms with van der Waals surface area (Å²) in [6.45, 7) is -0.247. The van der Waals surface area contributed by atoms with Crippen molar-refractivity contribution in [3.8, 4) is 11.1 Å². The lowest BCUT2D eigenvalue weighted by molar-refractivity contribution is 0.473. The minimum Gasteiger partial charge on any atom is -0.251 e. The van der Waals surface area contributed by atoms with Gasteiger partial charge in [0.2, 0.25) is 0 Å². The average molecular weight is 214 g/mol. The average Bonchev–Trinajstić information content (AvgIpc) is 2.38. The van der Waals surface area contributed by atoms with Crippen LogP contribution in [0.1, 0.15) is 12.0 Å². The van der Waals surface area contributed by atoms with Crippen LogP contribution in [0.25, 0.3) is 11.1 Å². The zero-order valence-electron chi connectivity index (χ0n) is 9.20. The molecule has 82 valence electrons. The number of benzene rings is 2. The smallest absolute Gasteiger partial charge is 0.0897 e. The fourth-order valence-electron chi connectivity index (χ4n) is 1.89. The van der Waals surface area contributed by atoms with E-state index in [2.05, 4.69) is 24.3 Å². The quantitative estimate of drug-likeness (QED) is 0.713. The van der Waals surface area contributed by atoms with E-state index >= 15 is 0 Å². The van der Waals surface area contributed by atoms with Crippen molar-refractivity contribution < 1.29 is 4.39 Å². The van der Waals surface area contributed by atoms with Crippen LogP contribution >= 0.6 is 0 Å². The van der Waals surface area contributed by atoms with Crippen LogP contribution in [0.5, 0.6) is 0 Å². The summed E-state index contributed by atoms with van der Waals surface area (Å²) in [5, 5.41) is 0. The SMILES string of the molecule is FCCCc1ccccc1-c1ccccc1. The third kappa shape index (κ3) is 2.48. The molecular weight excluding hydrogens is 199 g/mol. The van der Waals surface area contributed by atoms with Crippen molar-refractivity contribution in [1.82, 2.24) is 0 Å². The predicted octanol–water partition coefficient (Wildman–Crippen LogP) is 4.26. The third-order valence-corrected chi connectivity index (χ3v) is 2.68. The van der Waals surface area contributed by atoms with Gasteiger partial charge in [0.05, 0.1) is 6.67 Å². The van der Waals surface area contributed by atoms with E-state index in [-0.39, 0.29) is 6.67 Å². The molecule has 0 saturated heterocycles. The van der Waals surface area contributed by atoms with Gasteiger partial charge in [0.25, 0.3) is 0 Å². The van der Waals surface area contributed by atoms with Gasteiger partial charge in [-0.1, -0.05) is 54.6 Å². The van der Waals surface area contributed by atoms with Gasteiger partial charge in [-0.2, -0.15) is 0 Å². The molecule has 2 aromatic rings. The summed E-state index contributed by atoms with van der Waals surface area (Å²) < 4.78 is 12.2. The van der Waals surface area contributed by atoms with E-state index < -0.39 is 0 Å². The monoisotopic (exact) mass is 214 g/mol. The van der Waals surface area contributed by atoms with E-state index in [0.29, 0.717) is 6.42 Å². The molecule has 0 saturated carbocycles. The van der Waals surface area contributed by atoms with Gasteiger partial charge in [-0.15, -0.1) is 0 Å². The molecule has 0 unspecified atom stereocenters. The van der Waals surface area contributed by atoms with E-state index in [9.17, 15) is 4.39 Å². The molecule has 2 rings (SSSR count). The van der Waals surface area contributed by atoms with Gasteiger partial charge in [0.1, 0.15) is 0 Å². The normalized spacial score (nSPS) is 10.3. The molecule has 0 aliphatic rings. The van der Waals surface area contributed by atoms with Gasteiger partial charge >= 0.3 is 0 Å². The van der Waals surface area contributed by atoms with Gasteiger partial charge in [0, 0.05) is 0 Å². The minimum absolute atomic E-state index is 0.247. The van der Waals surface area contributed by atoms with Gasteiger partial charge in [0.15, 0.2) is 0 Å². The molecule has 16 heavy (non-hydrogen) atoms. The van der Waals surface area contributed by atoms with E-state index in [1.54, 1.807) is 0 Å². The summed E-state index contributed by atoms with van der Waals surface area (Å²) in [5.74, 6) is 0. The third-order valence-electron chi connectivity index (χ3n) is 2.68. The van der Waals surface area contributed by atoms with Crippen LogP contribution in [0.15, 0.2) is 54.6 Å². The van der Waals surface area contributed by atoms with Gasteiger partial charge < -0.3 is 0 Å². The molecule has 1 heteroatoms. The Morgan fingerprint density at radius 3 is 2.25 bits per heavy atom. The molecule has 0 aliphatic carbocycles. The first-order valence-electron chi connectivity index (χ1n) is 5.61. The van der Waals surface area contributed by atoms with Crippen LogP contribution in [0, 0.1) is 0 Å². The minimum atomic E-state index is -0.247. The first-order chi connectivity index (χ1) is 7.92. The van der Waals surface area contributed by atoms with Crippen molar-refractivity contribution in [1.29, 1.82) is 0 Å². The highest BCUT2D eigenvalue weighted by Crippen LogP contribution is 2.24. The van der Waals surface area contributed by atoms with E-state index in [1.807, 2.05) is 30.3 Å². The summed E-state index contributed by atoms with van der Waals surface area (Å²) in [4.78, 5) is 0. The molecule has 0 aliphatic heterocycles. The summed E-state index contributed by atoms with van der Waals surface area (Å²) in [5.41, 5.74) is 3.65. The lowest BCUT2D eigenvalue weighted by Gasteiger charge is -2.08. The van der Waals surface area contributed by atoms with Crippen LogP contribution < -0.4 is 0 Å². The maximum absolute atomic E-state index is 12.2. The Bertz CT molecular complexity index is 434. The van der Waals surface area contributed by atoms with Gasteiger partial charge in [-0.25, -0.2) is 0 Å².